The van der Waals surface area contributed by atoms with Crippen molar-refractivity contribution in [3.63, 3.8) is 0 Å². The molecule has 0 bridgehead atoms. The summed E-state index contributed by atoms with van der Waals surface area (Å²) in [7, 11) is 0. The lowest BCUT2D eigenvalue weighted by Crippen LogP contribution is -2.38. The van der Waals surface area contributed by atoms with Crippen molar-refractivity contribution in [2.75, 3.05) is 24.5 Å². The van der Waals surface area contributed by atoms with E-state index in [1.807, 2.05) is 0 Å². The average molecular weight is 307 g/mol. The molecule has 3 heterocycles. The van der Waals surface area contributed by atoms with E-state index in [1.54, 1.807) is 0 Å². The Morgan fingerprint density at radius 2 is 2.38 bits per heavy atom. The van der Waals surface area contributed by atoms with Crippen molar-refractivity contribution in [3.8, 4) is 10.7 Å². The number of hydrogen-bond donors (Lipinski definition) is 2. The molecule has 3 N–H and O–H groups in total. The summed E-state index contributed by atoms with van der Waals surface area (Å²) in [6, 6.07) is 0. The minimum Gasteiger partial charge on any atom is -0.339 e. The normalized spacial score (nSPS) is 19.1. The Kier molecular flexibility index (Phi) is 4.45. The van der Waals surface area contributed by atoms with Gasteiger partial charge in [0.05, 0.1) is 5.69 Å². The molecule has 2 aromatic rings. The first-order chi connectivity index (χ1) is 10.3. The predicted molar refractivity (Wildman–Crippen MR) is 83.3 cm³/mol. The van der Waals surface area contributed by atoms with Crippen LogP contribution in [0.3, 0.4) is 0 Å². The van der Waals surface area contributed by atoms with Crippen LogP contribution in [0.5, 0.6) is 0 Å². The Morgan fingerprint density at radius 3 is 3.19 bits per heavy atom. The minimum atomic E-state index is 0.543. The molecule has 8 heteroatoms. The van der Waals surface area contributed by atoms with Crippen LogP contribution < -0.4 is 10.6 Å². The molecule has 0 saturated carbocycles. The van der Waals surface area contributed by atoms with E-state index in [1.165, 1.54) is 18.0 Å². The molecule has 7 nitrogen and oxygen atoms in total. The first-order valence-electron chi connectivity index (χ1n) is 7.50. The molecule has 1 aliphatic heterocycles. The van der Waals surface area contributed by atoms with Crippen molar-refractivity contribution in [2.24, 2.45) is 11.7 Å². The van der Waals surface area contributed by atoms with Gasteiger partial charge in [-0.25, -0.2) is 0 Å². The van der Waals surface area contributed by atoms with Crippen LogP contribution in [-0.2, 0) is 6.42 Å². The topological polar surface area (TPSA) is 96.6 Å². The van der Waals surface area contributed by atoms with E-state index in [4.69, 9.17) is 5.73 Å². The number of nitrogens with two attached hydrogens (primary N) is 1. The summed E-state index contributed by atoms with van der Waals surface area (Å²) in [5.74, 6) is 2.08. The number of rotatable bonds is 5. The number of nitrogens with zero attached hydrogens (tertiary/aromatic N) is 5. The Balaban J connectivity index is 1.78. The van der Waals surface area contributed by atoms with Gasteiger partial charge in [-0.15, -0.1) is 10.2 Å². The summed E-state index contributed by atoms with van der Waals surface area (Å²) in [5, 5.41) is 11.6. The van der Waals surface area contributed by atoms with Gasteiger partial charge < -0.3 is 10.6 Å². The van der Waals surface area contributed by atoms with Crippen LogP contribution in [0.2, 0.25) is 0 Å². The predicted octanol–water partition coefficient (Wildman–Crippen LogP) is 1.45. The van der Waals surface area contributed by atoms with Crippen molar-refractivity contribution in [2.45, 2.75) is 32.6 Å². The lowest BCUT2D eigenvalue weighted by molar-refractivity contribution is 0.420. The molecule has 0 radical (unpaired) electrons. The van der Waals surface area contributed by atoms with Gasteiger partial charge in [-0.1, -0.05) is 17.8 Å². The molecular formula is C13H21N7S. The number of hydrogen-bond acceptors (Lipinski definition) is 7. The monoisotopic (exact) mass is 307 g/mol. The number of aromatic nitrogens is 5. The van der Waals surface area contributed by atoms with Gasteiger partial charge in [-0.2, -0.15) is 4.98 Å². The molecule has 0 spiro atoms. The van der Waals surface area contributed by atoms with Crippen molar-refractivity contribution < 1.29 is 0 Å². The smallest absolute Gasteiger partial charge is 0.245 e. The number of H-pyrrole nitrogens is 1. The number of piperidine rings is 1. The summed E-state index contributed by atoms with van der Waals surface area (Å²) in [6.07, 6.45) is 4.31. The van der Waals surface area contributed by atoms with Gasteiger partial charge in [-0.3, -0.25) is 5.10 Å². The van der Waals surface area contributed by atoms with E-state index >= 15 is 0 Å². The SMILES string of the molecule is CCCc1nnsc1-c1nc(N2CCCC(CN)C2)n[nH]1. The van der Waals surface area contributed by atoms with Gasteiger partial charge >= 0.3 is 0 Å². The Labute approximate surface area is 128 Å². The molecule has 21 heavy (non-hydrogen) atoms. The summed E-state index contributed by atoms with van der Waals surface area (Å²) in [5.41, 5.74) is 6.79. The molecule has 1 fully saturated rings. The molecular weight excluding hydrogens is 286 g/mol. The maximum absolute atomic E-state index is 5.79. The second kappa shape index (κ2) is 6.48. The van der Waals surface area contributed by atoms with Gasteiger partial charge in [0.1, 0.15) is 4.88 Å². The van der Waals surface area contributed by atoms with Crippen LogP contribution in [0, 0.1) is 5.92 Å². The lowest BCUT2D eigenvalue weighted by atomic mass is 9.99. The van der Waals surface area contributed by atoms with E-state index < -0.39 is 0 Å². The van der Waals surface area contributed by atoms with E-state index in [9.17, 15) is 0 Å². The third kappa shape index (κ3) is 3.06. The van der Waals surface area contributed by atoms with E-state index in [0.29, 0.717) is 5.92 Å². The summed E-state index contributed by atoms with van der Waals surface area (Å²) < 4.78 is 4.04. The summed E-state index contributed by atoms with van der Waals surface area (Å²) in [6.45, 7) is 4.80. The zero-order chi connectivity index (χ0) is 14.7. The highest BCUT2D eigenvalue weighted by molar-refractivity contribution is 7.09. The largest absolute Gasteiger partial charge is 0.339 e. The van der Waals surface area contributed by atoms with Crippen LogP contribution in [0.15, 0.2) is 0 Å². The molecule has 1 saturated heterocycles. The first-order valence-corrected chi connectivity index (χ1v) is 8.28. The molecule has 1 unspecified atom stereocenters. The fourth-order valence-electron chi connectivity index (χ4n) is 2.72. The molecule has 0 aliphatic carbocycles. The second-order valence-corrected chi connectivity index (χ2v) is 6.23. The van der Waals surface area contributed by atoms with Gasteiger partial charge in [0.25, 0.3) is 0 Å². The second-order valence-electron chi connectivity index (χ2n) is 5.47. The molecule has 0 amide bonds. The van der Waals surface area contributed by atoms with Gasteiger partial charge in [-0.05, 0) is 43.3 Å². The molecule has 1 atom stereocenters. The molecule has 0 aromatic carbocycles. The maximum atomic E-state index is 5.79. The van der Waals surface area contributed by atoms with Crippen LogP contribution in [0.4, 0.5) is 5.95 Å². The van der Waals surface area contributed by atoms with Crippen LogP contribution in [0.25, 0.3) is 10.7 Å². The zero-order valence-corrected chi connectivity index (χ0v) is 13.1. The van der Waals surface area contributed by atoms with E-state index in [2.05, 4.69) is 36.6 Å². The van der Waals surface area contributed by atoms with Crippen molar-refractivity contribution >= 4 is 17.5 Å². The van der Waals surface area contributed by atoms with Crippen LogP contribution in [-0.4, -0.2) is 44.4 Å². The fraction of sp³-hybridized carbons (Fsp3) is 0.692. The Bertz CT molecular complexity index is 579. The summed E-state index contributed by atoms with van der Waals surface area (Å²) in [4.78, 5) is 7.86. The zero-order valence-electron chi connectivity index (χ0n) is 12.2. The Hall–Kier alpha value is -1.54. The maximum Gasteiger partial charge on any atom is 0.245 e. The first kappa shape index (κ1) is 14.4. The molecule has 1 aliphatic rings. The van der Waals surface area contributed by atoms with Crippen molar-refractivity contribution in [1.29, 1.82) is 0 Å². The van der Waals surface area contributed by atoms with Gasteiger partial charge in [0, 0.05) is 13.1 Å². The standard InChI is InChI=1S/C13H21N7S/c1-2-4-10-11(21-19-16-10)12-15-13(18-17-12)20-6-3-5-9(7-14)8-20/h9H,2-8,14H2,1H3,(H,15,17,18). The highest BCUT2D eigenvalue weighted by atomic mass is 32.1. The van der Waals surface area contributed by atoms with Crippen molar-refractivity contribution in [1.82, 2.24) is 24.8 Å². The fourth-order valence-corrected chi connectivity index (χ4v) is 3.37. The Morgan fingerprint density at radius 1 is 1.48 bits per heavy atom. The highest BCUT2D eigenvalue weighted by Gasteiger charge is 2.23. The number of anilines is 1. The van der Waals surface area contributed by atoms with Gasteiger partial charge in [0.2, 0.25) is 5.95 Å². The number of nitrogens with one attached hydrogen (secondary N) is 1. The van der Waals surface area contributed by atoms with Crippen LogP contribution in [0.1, 0.15) is 31.9 Å². The minimum absolute atomic E-state index is 0.543. The van der Waals surface area contributed by atoms with E-state index in [-0.39, 0.29) is 0 Å². The van der Waals surface area contributed by atoms with E-state index in [0.717, 1.165) is 61.2 Å². The highest BCUT2D eigenvalue weighted by Crippen LogP contribution is 2.26. The third-order valence-electron chi connectivity index (χ3n) is 3.87. The third-order valence-corrected chi connectivity index (χ3v) is 4.64. The van der Waals surface area contributed by atoms with Gasteiger partial charge in [0.15, 0.2) is 5.82 Å². The molecule has 2 aromatic heterocycles. The summed E-state index contributed by atoms with van der Waals surface area (Å²) >= 11 is 1.37. The number of aryl methyl sites for hydroxylation is 1. The number of aromatic amines is 1. The van der Waals surface area contributed by atoms with Crippen LogP contribution >= 0.6 is 11.5 Å². The quantitative estimate of drug-likeness (QED) is 0.868. The lowest BCUT2D eigenvalue weighted by Gasteiger charge is -2.31. The van der Waals surface area contributed by atoms with Crippen molar-refractivity contribution in [3.05, 3.63) is 5.69 Å². The molecule has 3 rings (SSSR count). The average Bonchev–Trinajstić information content (AvgIpc) is 3.16. The molecule has 114 valence electrons.